The van der Waals surface area contributed by atoms with Gasteiger partial charge in [-0.05, 0) is 18.2 Å². The summed E-state index contributed by atoms with van der Waals surface area (Å²) in [5, 5.41) is 0. The Labute approximate surface area is 68.9 Å². The number of rotatable bonds is 1. The van der Waals surface area contributed by atoms with Crippen molar-refractivity contribution in [2.45, 2.75) is 0 Å². The average molecular weight is 165 g/mol. The molecule has 0 unspecified atom stereocenters. The molecule has 2 rings (SSSR count). The molecule has 0 aliphatic carbocycles. The highest BCUT2D eigenvalue weighted by Gasteiger charge is 2.14. The molecule has 1 aliphatic heterocycles. The normalized spacial score (nSPS) is 13.0. The molecule has 12 heavy (non-hydrogen) atoms. The number of carbonyl (C=O) groups is 1. The van der Waals surface area contributed by atoms with Crippen LogP contribution in [0.5, 0.6) is 11.5 Å². The SMILES string of the molecule is NC(=O)c1ccc2c(c1)OCO2. The Balaban J connectivity index is 2.45. The topological polar surface area (TPSA) is 61.6 Å². The Morgan fingerprint density at radius 1 is 1.33 bits per heavy atom. The van der Waals surface area contributed by atoms with Crippen molar-refractivity contribution in [1.29, 1.82) is 0 Å². The lowest BCUT2D eigenvalue weighted by Crippen LogP contribution is -2.10. The second-order valence-corrected chi connectivity index (χ2v) is 2.43. The fraction of sp³-hybridized carbons (Fsp3) is 0.125. The molecule has 0 atom stereocenters. The second kappa shape index (κ2) is 2.41. The lowest BCUT2D eigenvalue weighted by molar-refractivity contribution is 0.1000. The first-order valence-corrected chi connectivity index (χ1v) is 3.47. The molecular weight excluding hydrogens is 158 g/mol. The van der Waals surface area contributed by atoms with Gasteiger partial charge in [-0.3, -0.25) is 4.79 Å². The van der Waals surface area contributed by atoms with Gasteiger partial charge in [0.25, 0.3) is 0 Å². The maximum Gasteiger partial charge on any atom is 0.248 e. The van der Waals surface area contributed by atoms with E-state index in [-0.39, 0.29) is 6.79 Å². The summed E-state index contributed by atoms with van der Waals surface area (Å²) in [6.45, 7) is 0.206. The van der Waals surface area contributed by atoms with E-state index in [9.17, 15) is 4.79 Å². The van der Waals surface area contributed by atoms with E-state index in [1.807, 2.05) is 0 Å². The van der Waals surface area contributed by atoms with Gasteiger partial charge in [-0.25, -0.2) is 0 Å². The third kappa shape index (κ3) is 0.972. The maximum absolute atomic E-state index is 10.7. The first-order valence-electron chi connectivity index (χ1n) is 3.47. The molecule has 1 heterocycles. The highest BCUT2D eigenvalue weighted by molar-refractivity contribution is 5.93. The number of hydrogen-bond donors (Lipinski definition) is 1. The molecule has 0 spiro atoms. The van der Waals surface area contributed by atoms with Crippen molar-refractivity contribution in [3.05, 3.63) is 23.8 Å². The van der Waals surface area contributed by atoms with Crippen LogP contribution in [-0.2, 0) is 0 Å². The maximum atomic E-state index is 10.7. The predicted octanol–water partition coefficient (Wildman–Crippen LogP) is 0.514. The van der Waals surface area contributed by atoms with Crippen LogP contribution in [0.15, 0.2) is 18.2 Å². The highest BCUT2D eigenvalue weighted by atomic mass is 16.7. The van der Waals surface area contributed by atoms with Crippen molar-refractivity contribution in [3.8, 4) is 11.5 Å². The summed E-state index contributed by atoms with van der Waals surface area (Å²) >= 11 is 0. The fourth-order valence-electron chi connectivity index (χ4n) is 1.05. The van der Waals surface area contributed by atoms with Crippen LogP contribution in [0.4, 0.5) is 0 Å². The first kappa shape index (κ1) is 6.97. The van der Waals surface area contributed by atoms with E-state index in [0.717, 1.165) is 0 Å². The van der Waals surface area contributed by atoms with E-state index in [1.165, 1.54) is 0 Å². The van der Waals surface area contributed by atoms with Crippen molar-refractivity contribution < 1.29 is 14.3 Å². The molecule has 0 aromatic heterocycles. The highest BCUT2D eigenvalue weighted by Crippen LogP contribution is 2.32. The molecule has 1 aromatic carbocycles. The van der Waals surface area contributed by atoms with Crippen LogP contribution in [0.2, 0.25) is 0 Å². The third-order valence-corrected chi connectivity index (χ3v) is 1.66. The molecule has 62 valence electrons. The fourth-order valence-corrected chi connectivity index (χ4v) is 1.05. The molecule has 0 saturated carbocycles. The van der Waals surface area contributed by atoms with Crippen molar-refractivity contribution in [1.82, 2.24) is 0 Å². The number of primary amides is 1. The Morgan fingerprint density at radius 3 is 2.83 bits per heavy atom. The Hall–Kier alpha value is -1.71. The van der Waals surface area contributed by atoms with Crippen LogP contribution in [0, 0.1) is 0 Å². The molecule has 1 aliphatic rings. The lowest BCUT2D eigenvalue weighted by Gasteiger charge is -1.97. The molecular formula is C8H7NO3. The minimum Gasteiger partial charge on any atom is -0.454 e. The van der Waals surface area contributed by atoms with Gasteiger partial charge in [0, 0.05) is 5.56 Å². The van der Waals surface area contributed by atoms with E-state index < -0.39 is 5.91 Å². The Morgan fingerprint density at radius 2 is 2.08 bits per heavy atom. The van der Waals surface area contributed by atoms with E-state index in [1.54, 1.807) is 18.2 Å². The van der Waals surface area contributed by atoms with Gasteiger partial charge in [-0.1, -0.05) is 0 Å². The molecule has 1 aromatic rings. The zero-order valence-electron chi connectivity index (χ0n) is 6.24. The number of carbonyl (C=O) groups excluding carboxylic acids is 1. The summed E-state index contributed by atoms with van der Waals surface area (Å²) in [7, 11) is 0. The zero-order chi connectivity index (χ0) is 8.55. The van der Waals surface area contributed by atoms with Gasteiger partial charge in [-0.2, -0.15) is 0 Å². The molecule has 0 radical (unpaired) electrons. The predicted molar refractivity (Wildman–Crippen MR) is 41.1 cm³/mol. The third-order valence-electron chi connectivity index (χ3n) is 1.66. The average Bonchev–Trinajstić information content (AvgIpc) is 2.49. The number of ether oxygens (including phenoxy) is 2. The smallest absolute Gasteiger partial charge is 0.248 e. The van der Waals surface area contributed by atoms with Gasteiger partial charge in [0.1, 0.15) is 0 Å². The van der Waals surface area contributed by atoms with Crippen LogP contribution in [0.3, 0.4) is 0 Å². The Kier molecular flexibility index (Phi) is 1.40. The van der Waals surface area contributed by atoms with E-state index in [0.29, 0.717) is 17.1 Å². The van der Waals surface area contributed by atoms with Gasteiger partial charge in [0.15, 0.2) is 11.5 Å². The molecule has 2 N–H and O–H groups in total. The van der Waals surface area contributed by atoms with Crippen LogP contribution in [0.1, 0.15) is 10.4 Å². The minimum absolute atomic E-state index is 0.206. The number of benzene rings is 1. The van der Waals surface area contributed by atoms with E-state index in [4.69, 9.17) is 15.2 Å². The van der Waals surface area contributed by atoms with Crippen LogP contribution in [0.25, 0.3) is 0 Å². The van der Waals surface area contributed by atoms with Crippen LogP contribution in [-0.4, -0.2) is 12.7 Å². The van der Waals surface area contributed by atoms with Crippen molar-refractivity contribution in [3.63, 3.8) is 0 Å². The van der Waals surface area contributed by atoms with Crippen LogP contribution >= 0.6 is 0 Å². The molecule has 0 fully saturated rings. The van der Waals surface area contributed by atoms with Crippen LogP contribution < -0.4 is 15.2 Å². The van der Waals surface area contributed by atoms with Gasteiger partial charge in [-0.15, -0.1) is 0 Å². The van der Waals surface area contributed by atoms with Gasteiger partial charge >= 0.3 is 0 Å². The van der Waals surface area contributed by atoms with Crippen molar-refractivity contribution >= 4 is 5.91 Å². The van der Waals surface area contributed by atoms with Gasteiger partial charge in [0.2, 0.25) is 12.7 Å². The van der Waals surface area contributed by atoms with Crippen molar-refractivity contribution in [2.24, 2.45) is 5.73 Å². The summed E-state index contributed by atoms with van der Waals surface area (Å²) in [5.74, 6) is 0.764. The van der Waals surface area contributed by atoms with Gasteiger partial charge in [0.05, 0.1) is 0 Å². The summed E-state index contributed by atoms with van der Waals surface area (Å²) in [4.78, 5) is 10.7. The summed E-state index contributed by atoms with van der Waals surface area (Å²) in [6.07, 6.45) is 0. The molecule has 0 bridgehead atoms. The quantitative estimate of drug-likeness (QED) is 0.659. The summed E-state index contributed by atoms with van der Waals surface area (Å²) in [5.41, 5.74) is 5.50. The summed E-state index contributed by atoms with van der Waals surface area (Å²) in [6, 6.07) is 4.85. The molecule has 4 heteroatoms. The molecule has 4 nitrogen and oxygen atoms in total. The van der Waals surface area contributed by atoms with E-state index in [2.05, 4.69) is 0 Å². The monoisotopic (exact) mass is 165 g/mol. The lowest BCUT2D eigenvalue weighted by atomic mass is 10.2. The van der Waals surface area contributed by atoms with Crippen molar-refractivity contribution in [2.75, 3.05) is 6.79 Å². The molecule has 0 saturated heterocycles. The zero-order valence-corrected chi connectivity index (χ0v) is 6.24. The summed E-state index contributed by atoms with van der Waals surface area (Å²) < 4.78 is 10.1. The number of amides is 1. The minimum atomic E-state index is -0.465. The number of nitrogens with two attached hydrogens (primary N) is 1. The number of fused-ring (bicyclic) bond motifs is 1. The van der Waals surface area contributed by atoms with Gasteiger partial charge < -0.3 is 15.2 Å². The standard InChI is InChI=1S/C8H7NO3/c9-8(10)5-1-2-6-7(3-5)12-4-11-6/h1-3H,4H2,(H2,9,10). The number of hydrogen-bond acceptors (Lipinski definition) is 3. The second-order valence-electron chi connectivity index (χ2n) is 2.43. The Bertz CT molecular complexity index is 335. The largest absolute Gasteiger partial charge is 0.454 e. The first-order chi connectivity index (χ1) is 5.77. The molecule has 1 amide bonds. The van der Waals surface area contributed by atoms with E-state index >= 15 is 0 Å².